The molecule has 0 radical (unpaired) electrons. The highest BCUT2D eigenvalue weighted by Crippen LogP contribution is 2.32. The summed E-state index contributed by atoms with van der Waals surface area (Å²) in [7, 11) is 0. The van der Waals surface area contributed by atoms with Crippen LogP contribution in [0.3, 0.4) is 0 Å². The van der Waals surface area contributed by atoms with Crippen molar-refractivity contribution in [2.75, 3.05) is 26.3 Å². The van der Waals surface area contributed by atoms with Crippen LogP contribution in [0.2, 0.25) is 5.02 Å². The first-order valence-electron chi connectivity index (χ1n) is 7.93. The summed E-state index contributed by atoms with van der Waals surface area (Å²) in [5.41, 5.74) is 0.985. The molecule has 2 aliphatic rings. The molecule has 6 heteroatoms. The van der Waals surface area contributed by atoms with Crippen molar-refractivity contribution in [1.29, 1.82) is 0 Å². The number of aromatic nitrogens is 1. The summed E-state index contributed by atoms with van der Waals surface area (Å²) >= 11 is 5.91. The monoisotopic (exact) mass is 334 g/mol. The Bertz CT molecular complexity index is 655. The average Bonchev–Trinajstić information content (AvgIpc) is 3.21. The normalized spacial score (nSPS) is 21.1. The maximum Gasteiger partial charge on any atom is 0.209 e. The number of oxazole rings is 1. The lowest BCUT2D eigenvalue weighted by molar-refractivity contribution is -0.186. The van der Waals surface area contributed by atoms with Crippen LogP contribution in [-0.2, 0) is 16.0 Å². The fourth-order valence-corrected chi connectivity index (χ4v) is 3.29. The first kappa shape index (κ1) is 15.1. The Kier molecular flexibility index (Phi) is 4.11. The van der Waals surface area contributed by atoms with E-state index in [9.17, 15) is 0 Å². The standard InChI is InChI=1S/C17H19ClN2O3/c18-14-3-1-13(2-4-14)15-11-19-16(23-15)12-20-7-5-17(6-8-20)21-9-10-22-17/h1-4,11H,5-10,12H2. The fourth-order valence-electron chi connectivity index (χ4n) is 3.16. The van der Waals surface area contributed by atoms with Crippen molar-refractivity contribution in [1.82, 2.24) is 9.88 Å². The second-order valence-corrected chi connectivity index (χ2v) is 6.45. The molecule has 2 aliphatic heterocycles. The van der Waals surface area contributed by atoms with Crippen LogP contribution in [0.15, 0.2) is 34.9 Å². The number of rotatable bonds is 3. The molecule has 1 aromatic carbocycles. The van der Waals surface area contributed by atoms with Crippen LogP contribution in [0.25, 0.3) is 11.3 Å². The number of halogens is 1. The highest BCUT2D eigenvalue weighted by Gasteiger charge is 2.39. The van der Waals surface area contributed by atoms with Gasteiger partial charge in [0.05, 0.1) is 26.0 Å². The molecule has 0 unspecified atom stereocenters. The largest absolute Gasteiger partial charge is 0.439 e. The van der Waals surface area contributed by atoms with Crippen molar-refractivity contribution in [2.45, 2.75) is 25.2 Å². The summed E-state index contributed by atoms with van der Waals surface area (Å²) in [6, 6.07) is 7.58. The topological polar surface area (TPSA) is 47.7 Å². The Morgan fingerprint density at radius 2 is 1.78 bits per heavy atom. The predicted molar refractivity (Wildman–Crippen MR) is 86.1 cm³/mol. The van der Waals surface area contributed by atoms with E-state index in [-0.39, 0.29) is 5.79 Å². The molecule has 23 heavy (non-hydrogen) atoms. The number of hydrogen-bond acceptors (Lipinski definition) is 5. The van der Waals surface area contributed by atoms with Gasteiger partial charge in [-0.15, -0.1) is 0 Å². The minimum Gasteiger partial charge on any atom is -0.439 e. The van der Waals surface area contributed by atoms with Gasteiger partial charge in [-0.25, -0.2) is 4.98 Å². The Labute approximate surface area is 140 Å². The first-order valence-corrected chi connectivity index (χ1v) is 8.31. The van der Waals surface area contributed by atoms with Gasteiger partial charge in [0, 0.05) is 36.5 Å². The Morgan fingerprint density at radius 3 is 2.48 bits per heavy atom. The van der Waals surface area contributed by atoms with E-state index in [0.717, 1.165) is 43.1 Å². The molecule has 0 saturated carbocycles. The Hall–Kier alpha value is -1.40. The maximum atomic E-state index is 5.91. The predicted octanol–water partition coefficient (Wildman–Crippen LogP) is 3.33. The third-order valence-corrected chi connectivity index (χ3v) is 4.72. The number of hydrogen-bond donors (Lipinski definition) is 0. The summed E-state index contributed by atoms with van der Waals surface area (Å²) < 4.78 is 17.4. The first-order chi connectivity index (χ1) is 11.2. The highest BCUT2D eigenvalue weighted by molar-refractivity contribution is 6.30. The molecule has 0 N–H and O–H groups in total. The molecular formula is C17H19ClN2O3. The van der Waals surface area contributed by atoms with Gasteiger partial charge in [-0.2, -0.15) is 0 Å². The molecule has 1 spiro atoms. The van der Waals surface area contributed by atoms with Crippen molar-refractivity contribution in [3.63, 3.8) is 0 Å². The van der Waals surface area contributed by atoms with Crippen LogP contribution < -0.4 is 0 Å². The van der Waals surface area contributed by atoms with Crippen molar-refractivity contribution >= 4 is 11.6 Å². The second kappa shape index (κ2) is 6.24. The zero-order valence-electron chi connectivity index (χ0n) is 12.8. The van der Waals surface area contributed by atoms with E-state index < -0.39 is 0 Å². The summed E-state index contributed by atoms with van der Waals surface area (Å²) in [6.07, 6.45) is 3.57. The molecule has 122 valence electrons. The van der Waals surface area contributed by atoms with Crippen molar-refractivity contribution in [3.05, 3.63) is 41.4 Å². The summed E-state index contributed by atoms with van der Waals surface area (Å²) in [5.74, 6) is 1.17. The lowest BCUT2D eigenvalue weighted by Crippen LogP contribution is -2.44. The Morgan fingerprint density at radius 1 is 1.09 bits per heavy atom. The fraction of sp³-hybridized carbons (Fsp3) is 0.471. The molecule has 0 atom stereocenters. The average molecular weight is 335 g/mol. The molecule has 4 rings (SSSR count). The number of nitrogens with zero attached hydrogens (tertiary/aromatic N) is 2. The van der Waals surface area contributed by atoms with E-state index in [1.54, 1.807) is 6.20 Å². The molecule has 2 fully saturated rings. The van der Waals surface area contributed by atoms with Crippen LogP contribution in [0.1, 0.15) is 18.7 Å². The van der Waals surface area contributed by atoms with E-state index in [1.807, 2.05) is 24.3 Å². The maximum absolute atomic E-state index is 5.91. The Balaban J connectivity index is 1.38. The van der Waals surface area contributed by atoms with E-state index in [1.165, 1.54) is 0 Å². The van der Waals surface area contributed by atoms with Crippen LogP contribution in [0.4, 0.5) is 0 Å². The van der Waals surface area contributed by atoms with E-state index in [4.69, 9.17) is 25.5 Å². The van der Waals surface area contributed by atoms with Crippen molar-refractivity contribution < 1.29 is 13.9 Å². The molecule has 0 bridgehead atoms. The molecular weight excluding hydrogens is 316 g/mol. The molecule has 3 heterocycles. The van der Waals surface area contributed by atoms with Crippen molar-refractivity contribution in [3.8, 4) is 11.3 Å². The van der Waals surface area contributed by atoms with Crippen LogP contribution in [-0.4, -0.2) is 42.0 Å². The van der Waals surface area contributed by atoms with Gasteiger partial charge in [-0.05, 0) is 24.3 Å². The zero-order chi connectivity index (χ0) is 15.7. The minimum atomic E-state index is -0.332. The second-order valence-electron chi connectivity index (χ2n) is 6.01. The van der Waals surface area contributed by atoms with E-state index >= 15 is 0 Å². The van der Waals surface area contributed by atoms with Gasteiger partial charge in [-0.1, -0.05) is 11.6 Å². The van der Waals surface area contributed by atoms with Gasteiger partial charge >= 0.3 is 0 Å². The number of piperidine rings is 1. The van der Waals surface area contributed by atoms with Gasteiger partial charge in [0.1, 0.15) is 0 Å². The summed E-state index contributed by atoms with van der Waals surface area (Å²) in [5, 5.41) is 0.715. The van der Waals surface area contributed by atoms with Crippen LogP contribution >= 0.6 is 11.6 Å². The SMILES string of the molecule is Clc1ccc(-c2cnc(CN3CCC4(CC3)OCCO4)o2)cc1. The van der Waals surface area contributed by atoms with Gasteiger partial charge in [0.15, 0.2) is 11.5 Å². The molecule has 5 nitrogen and oxygen atoms in total. The third-order valence-electron chi connectivity index (χ3n) is 4.47. The lowest BCUT2D eigenvalue weighted by atomic mass is 10.0. The molecule has 2 aromatic rings. The number of likely N-dealkylation sites (tertiary alicyclic amines) is 1. The zero-order valence-corrected chi connectivity index (χ0v) is 13.6. The van der Waals surface area contributed by atoms with Crippen molar-refractivity contribution in [2.24, 2.45) is 0 Å². The van der Waals surface area contributed by atoms with E-state index in [0.29, 0.717) is 24.8 Å². The van der Waals surface area contributed by atoms with Crippen LogP contribution in [0.5, 0.6) is 0 Å². The van der Waals surface area contributed by atoms with E-state index in [2.05, 4.69) is 9.88 Å². The van der Waals surface area contributed by atoms with Gasteiger partial charge in [0.2, 0.25) is 5.89 Å². The minimum absolute atomic E-state index is 0.332. The van der Waals surface area contributed by atoms with Crippen LogP contribution in [0, 0.1) is 0 Å². The lowest BCUT2D eigenvalue weighted by Gasteiger charge is -2.36. The molecule has 0 aliphatic carbocycles. The quantitative estimate of drug-likeness (QED) is 0.861. The third kappa shape index (κ3) is 3.28. The number of benzene rings is 1. The molecule has 0 amide bonds. The summed E-state index contributed by atoms with van der Waals surface area (Å²) in [6.45, 7) is 4.00. The molecule has 2 saturated heterocycles. The highest BCUT2D eigenvalue weighted by atomic mass is 35.5. The summed E-state index contributed by atoms with van der Waals surface area (Å²) in [4.78, 5) is 6.72. The number of ether oxygens (including phenoxy) is 2. The van der Waals surface area contributed by atoms with Gasteiger partial charge in [0.25, 0.3) is 0 Å². The smallest absolute Gasteiger partial charge is 0.209 e. The van der Waals surface area contributed by atoms with Gasteiger partial charge in [-0.3, -0.25) is 4.90 Å². The van der Waals surface area contributed by atoms with Gasteiger partial charge < -0.3 is 13.9 Å². The molecule has 1 aromatic heterocycles.